The fourth-order valence-corrected chi connectivity index (χ4v) is 2.83. The van der Waals surface area contributed by atoms with Gasteiger partial charge in [0.15, 0.2) is 0 Å². The second-order valence-electron chi connectivity index (χ2n) is 6.39. The van der Waals surface area contributed by atoms with Gasteiger partial charge in [0.1, 0.15) is 5.69 Å². The van der Waals surface area contributed by atoms with Crippen molar-refractivity contribution in [3.8, 4) is 16.9 Å². The van der Waals surface area contributed by atoms with E-state index in [1.165, 1.54) is 16.8 Å². The van der Waals surface area contributed by atoms with Gasteiger partial charge in [0.05, 0.1) is 16.3 Å². The highest BCUT2D eigenvalue weighted by atomic mass is 35.5. The first-order valence-corrected chi connectivity index (χ1v) is 9.18. The van der Waals surface area contributed by atoms with Crippen LogP contribution in [0.3, 0.4) is 0 Å². The molecule has 1 heterocycles. The third-order valence-electron chi connectivity index (χ3n) is 4.36. The molecule has 0 bridgehead atoms. The van der Waals surface area contributed by atoms with Gasteiger partial charge in [0.25, 0.3) is 11.6 Å². The number of benzene rings is 2. The molecular formula is C20H19ClN4O3. The molecule has 8 heteroatoms. The number of carbonyl (C=O) groups excluding carboxylic acids is 1. The Labute approximate surface area is 167 Å². The van der Waals surface area contributed by atoms with Gasteiger partial charge < -0.3 is 5.32 Å². The molecule has 1 unspecified atom stereocenters. The smallest absolute Gasteiger partial charge is 0.270 e. The summed E-state index contributed by atoms with van der Waals surface area (Å²) < 4.78 is 1.53. The number of rotatable bonds is 6. The molecule has 0 aliphatic rings. The monoisotopic (exact) mass is 398 g/mol. The Morgan fingerprint density at radius 2 is 1.96 bits per heavy atom. The van der Waals surface area contributed by atoms with Crippen LogP contribution in [0.1, 0.15) is 30.8 Å². The maximum Gasteiger partial charge on any atom is 0.270 e. The quantitative estimate of drug-likeness (QED) is 0.484. The first kappa shape index (κ1) is 19.6. The fraction of sp³-hybridized carbons (Fsp3) is 0.200. The first-order chi connectivity index (χ1) is 13.4. The normalized spacial score (nSPS) is 11.8. The van der Waals surface area contributed by atoms with Crippen molar-refractivity contribution in [1.29, 1.82) is 0 Å². The Morgan fingerprint density at radius 3 is 2.57 bits per heavy atom. The lowest BCUT2D eigenvalue weighted by Crippen LogP contribution is -2.33. The maximum absolute atomic E-state index is 12.8. The molecule has 144 valence electrons. The van der Waals surface area contributed by atoms with E-state index >= 15 is 0 Å². The molecule has 0 saturated carbocycles. The number of hydrogen-bond donors (Lipinski definition) is 1. The van der Waals surface area contributed by atoms with E-state index in [4.69, 9.17) is 11.6 Å². The van der Waals surface area contributed by atoms with Crippen LogP contribution in [-0.4, -0.2) is 26.7 Å². The van der Waals surface area contributed by atoms with Crippen LogP contribution in [0.2, 0.25) is 5.02 Å². The molecule has 7 nitrogen and oxygen atoms in total. The third-order valence-corrected chi connectivity index (χ3v) is 4.59. The number of nitro benzene ring substituents is 1. The van der Waals surface area contributed by atoms with E-state index in [1.54, 1.807) is 42.5 Å². The van der Waals surface area contributed by atoms with Gasteiger partial charge in [-0.1, -0.05) is 24.6 Å². The van der Waals surface area contributed by atoms with Gasteiger partial charge in [0.2, 0.25) is 0 Å². The van der Waals surface area contributed by atoms with E-state index in [1.807, 2.05) is 13.8 Å². The van der Waals surface area contributed by atoms with Crippen molar-refractivity contribution < 1.29 is 9.72 Å². The number of nitro groups is 1. The predicted molar refractivity (Wildman–Crippen MR) is 108 cm³/mol. The molecule has 1 atom stereocenters. The van der Waals surface area contributed by atoms with E-state index < -0.39 is 4.92 Å². The van der Waals surface area contributed by atoms with Crippen LogP contribution in [0.5, 0.6) is 0 Å². The number of non-ortho nitro benzene ring substituents is 1. The summed E-state index contributed by atoms with van der Waals surface area (Å²) in [4.78, 5) is 23.2. The number of hydrogen-bond acceptors (Lipinski definition) is 4. The van der Waals surface area contributed by atoms with Crippen molar-refractivity contribution >= 4 is 23.2 Å². The van der Waals surface area contributed by atoms with Gasteiger partial charge >= 0.3 is 0 Å². The summed E-state index contributed by atoms with van der Waals surface area (Å²) in [6.45, 7) is 3.91. The van der Waals surface area contributed by atoms with Gasteiger partial charge in [-0.15, -0.1) is 0 Å². The lowest BCUT2D eigenvalue weighted by atomic mass is 10.1. The highest BCUT2D eigenvalue weighted by Crippen LogP contribution is 2.25. The van der Waals surface area contributed by atoms with Crippen LogP contribution >= 0.6 is 11.6 Å². The average Bonchev–Trinajstić information content (AvgIpc) is 3.13. The molecule has 28 heavy (non-hydrogen) atoms. The Kier molecular flexibility index (Phi) is 5.75. The van der Waals surface area contributed by atoms with Crippen molar-refractivity contribution in [3.63, 3.8) is 0 Å². The van der Waals surface area contributed by atoms with E-state index in [-0.39, 0.29) is 17.6 Å². The van der Waals surface area contributed by atoms with Crippen molar-refractivity contribution in [2.45, 2.75) is 26.3 Å². The summed E-state index contributed by atoms with van der Waals surface area (Å²) in [5, 5.41) is 18.9. The van der Waals surface area contributed by atoms with Crippen LogP contribution in [0.4, 0.5) is 5.69 Å². The molecule has 2 aromatic carbocycles. The van der Waals surface area contributed by atoms with Gasteiger partial charge in [0, 0.05) is 28.8 Å². The van der Waals surface area contributed by atoms with Crippen LogP contribution in [0.15, 0.2) is 54.6 Å². The van der Waals surface area contributed by atoms with E-state index in [9.17, 15) is 14.9 Å². The zero-order chi connectivity index (χ0) is 20.3. The molecule has 1 aromatic heterocycles. The summed E-state index contributed by atoms with van der Waals surface area (Å²) in [6.07, 6.45) is 0.798. The number of carbonyl (C=O) groups is 1. The summed E-state index contributed by atoms with van der Waals surface area (Å²) in [5.74, 6) is -0.255. The molecule has 1 N–H and O–H groups in total. The fourth-order valence-electron chi connectivity index (χ4n) is 2.64. The minimum atomic E-state index is -0.459. The maximum atomic E-state index is 12.8. The molecule has 0 aliphatic heterocycles. The summed E-state index contributed by atoms with van der Waals surface area (Å²) in [5.41, 5.74) is 2.20. The van der Waals surface area contributed by atoms with Crippen LogP contribution in [0.25, 0.3) is 16.9 Å². The van der Waals surface area contributed by atoms with Crippen LogP contribution in [0, 0.1) is 10.1 Å². The highest BCUT2D eigenvalue weighted by molar-refractivity contribution is 6.30. The Hall–Kier alpha value is -3.19. The number of aromatic nitrogens is 2. The first-order valence-electron chi connectivity index (χ1n) is 8.80. The minimum Gasteiger partial charge on any atom is -0.348 e. The SMILES string of the molecule is CCC(C)NC(=O)c1cc(-c2ccc([N+](=O)[O-])cc2)nn1-c1cccc(Cl)c1. The molecular weight excluding hydrogens is 380 g/mol. The number of halogens is 1. The molecule has 0 fully saturated rings. The van der Waals surface area contributed by atoms with Crippen molar-refractivity contribution in [2.75, 3.05) is 0 Å². The Morgan fingerprint density at radius 1 is 1.25 bits per heavy atom. The van der Waals surface area contributed by atoms with Crippen LogP contribution in [-0.2, 0) is 0 Å². The molecule has 3 rings (SSSR count). The zero-order valence-electron chi connectivity index (χ0n) is 15.4. The number of nitrogens with one attached hydrogen (secondary N) is 1. The van der Waals surface area contributed by atoms with Gasteiger partial charge in [-0.05, 0) is 49.7 Å². The van der Waals surface area contributed by atoms with E-state index in [2.05, 4.69) is 10.4 Å². The standard InChI is InChI=1S/C20H19ClN4O3/c1-3-13(2)22-20(26)19-12-18(14-7-9-16(10-8-14)25(27)28)23-24(19)17-6-4-5-15(21)11-17/h4-13H,3H2,1-2H3,(H,22,26). The molecule has 1 amide bonds. The highest BCUT2D eigenvalue weighted by Gasteiger charge is 2.19. The molecule has 0 spiro atoms. The summed E-state index contributed by atoms with van der Waals surface area (Å²) in [7, 11) is 0. The lowest BCUT2D eigenvalue weighted by Gasteiger charge is -2.12. The number of amides is 1. The predicted octanol–water partition coefficient (Wildman–Crippen LogP) is 4.63. The second kappa shape index (κ2) is 8.22. The van der Waals surface area contributed by atoms with E-state index in [0.717, 1.165) is 6.42 Å². The third kappa shape index (κ3) is 4.20. The minimum absolute atomic E-state index is 0.00670. The van der Waals surface area contributed by atoms with Crippen molar-refractivity contribution in [2.24, 2.45) is 0 Å². The largest absolute Gasteiger partial charge is 0.348 e. The molecule has 0 aliphatic carbocycles. The second-order valence-corrected chi connectivity index (χ2v) is 6.83. The topological polar surface area (TPSA) is 90.1 Å². The average molecular weight is 399 g/mol. The molecule has 0 saturated heterocycles. The molecule has 0 radical (unpaired) electrons. The Balaban J connectivity index is 2.06. The zero-order valence-corrected chi connectivity index (χ0v) is 16.2. The van der Waals surface area contributed by atoms with Crippen LogP contribution < -0.4 is 5.32 Å². The van der Waals surface area contributed by atoms with Gasteiger partial charge in [-0.2, -0.15) is 5.10 Å². The summed E-state index contributed by atoms with van der Waals surface area (Å²) in [6, 6.07) is 14.8. The van der Waals surface area contributed by atoms with E-state index in [0.29, 0.717) is 27.7 Å². The molecule has 3 aromatic rings. The van der Waals surface area contributed by atoms with Gasteiger partial charge in [-0.25, -0.2) is 4.68 Å². The van der Waals surface area contributed by atoms with Gasteiger partial charge in [-0.3, -0.25) is 14.9 Å². The van der Waals surface area contributed by atoms with Crippen molar-refractivity contribution in [1.82, 2.24) is 15.1 Å². The lowest BCUT2D eigenvalue weighted by molar-refractivity contribution is -0.384. The van der Waals surface area contributed by atoms with Crippen molar-refractivity contribution in [3.05, 3.63) is 75.4 Å². The number of nitrogens with zero attached hydrogens (tertiary/aromatic N) is 3. The summed E-state index contributed by atoms with van der Waals surface area (Å²) >= 11 is 6.10. The Bertz CT molecular complexity index is 1010.